The Hall–Kier alpha value is -3.85. The molecular formula is C37H41Cl2N3O4S. The van der Waals surface area contributed by atoms with Crippen LogP contribution in [0.15, 0.2) is 102 Å². The molecule has 1 unspecified atom stereocenters. The summed E-state index contributed by atoms with van der Waals surface area (Å²) in [5, 5.41) is 3.70. The Labute approximate surface area is 288 Å². The van der Waals surface area contributed by atoms with Crippen LogP contribution in [0.25, 0.3) is 0 Å². The zero-order chi connectivity index (χ0) is 34.3. The summed E-state index contributed by atoms with van der Waals surface area (Å²) in [6, 6.07) is 26.8. The van der Waals surface area contributed by atoms with Gasteiger partial charge >= 0.3 is 0 Å². The number of rotatable bonds is 13. The van der Waals surface area contributed by atoms with Crippen LogP contribution in [0.3, 0.4) is 0 Å². The number of carbonyl (C=O) groups excluding carboxylic acids is 2. The van der Waals surface area contributed by atoms with Crippen LogP contribution in [-0.2, 0) is 32.6 Å². The first kappa shape index (κ1) is 36.0. The van der Waals surface area contributed by atoms with Crippen molar-refractivity contribution in [2.45, 2.75) is 70.5 Å². The van der Waals surface area contributed by atoms with Crippen LogP contribution in [0.2, 0.25) is 10.0 Å². The molecule has 0 radical (unpaired) electrons. The van der Waals surface area contributed by atoms with Crippen molar-refractivity contribution in [3.63, 3.8) is 0 Å². The third-order valence-electron chi connectivity index (χ3n) is 7.79. The van der Waals surface area contributed by atoms with E-state index in [1.54, 1.807) is 42.5 Å². The molecule has 4 aromatic rings. The van der Waals surface area contributed by atoms with Gasteiger partial charge in [0.25, 0.3) is 10.0 Å². The van der Waals surface area contributed by atoms with Crippen molar-refractivity contribution in [3.8, 4) is 0 Å². The second-order valence-electron chi connectivity index (χ2n) is 12.2. The number of hydrogen-bond donors (Lipinski definition) is 1. The van der Waals surface area contributed by atoms with Crippen molar-refractivity contribution in [2.75, 3.05) is 10.8 Å². The van der Waals surface area contributed by atoms with Crippen LogP contribution in [0.5, 0.6) is 0 Å². The van der Waals surface area contributed by atoms with Crippen molar-refractivity contribution in [3.05, 3.63) is 129 Å². The van der Waals surface area contributed by atoms with Crippen LogP contribution < -0.4 is 9.62 Å². The van der Waals surface area contributed by atoms with E-state index in [1.165, 1.54) is 17.0 Å². The Bertz CT molecular complexity index is 1780. The predicted octanol–water partition coefficient (Wildman–Crippen LogP) is 7.79. The topological polar surface area (TPSA) is 86.8 Å². The molecule has 0 bridgehead atoms. The summed E-state index contributed by atoms with van der Waals surface area (Å²) >= 11 is 12.8. The maximum absolute atomic E-state index is 14.6. The first-order valence-electron chi connectivity index (χ1n) is 15.5. The Morgan fingerprint density at radius 3 is 2.04 bits per heavy atom. The number of nitrogens with zero attached hydrogens (tertiary/aromatic N) is 2. The molecule has 0 saturated carbocycles. The first-order valence-corrected chi connectivity index (χ1v) is 17.7. The second-order valence-corrected chi connectivity index (χ2v) is 14.9. The lowest BCUT2D eigenvalue weighted by molar-refractivity contribution is -0.140. The normalized spacial score (nSPS) is 12.2. The van der Waals surface area contributed by atoms with Gasteiger partial charge in [-0.1, -0.05) is 103 Å². The number of carbonyl (C=O) groups is 2. The number of benzene rings is 4. The fraction of sp³-hybridized carbons (Fsp3) is 0.297. The van der Waals surface area contributed by atoms with Crippen LogP contribution in [0.1, 0.15) is 55.9 Å². The molecule has 1 N–H and O–H groups in total. The highest BCUT2D eigenvalue weighted by Crippen LogP contribution is 2.28. The van der Waals surface area contributed by atoms with Gasteiger partial charge in [0, 0.05) is 29.1 Å². The van der Waals surface area contributed by atoms with Crippen LogP contribution in [0.4, 0.5) is 5.69 Å². The average Bonchev–Trinajstić information content (AvgIpc) is 3.02. The van der Waals surface area contributed by atoms with E-state index in [0.717, 1.165) is 21.0 Å². The molecule has 0 aliphatic rings. The summed E-state index contributed by atoms with van der Waals surface area (Å²) in [5.41, 5.74) is 3.66. The van der Waals surface area contributed by atoms with Gasteiger partial charge in [-0.3, -0.25) is 13.9 Å². The maximum atomic E-state index is 14.6. The van der Waals surface area contributed by atoms with E-state index >= 15 is 0 Å². The lowest BCUT2D eigenvalue weighted by Crippen LogP contribution is -2.54. The number of nitrogens with one attached hydrogen (secondary N) is 1. The highest BCUT2D eigenvalue weighted by Gasteiger charge is 2.35. The summed E-state index contributed by atoms with van der Waals surface area (Å²) in [7, 11) is -4.20. The predicted molar refractivity (Wildman–Crippen MR) is 190 cm³/mol. The zero-order valence-electron chi connectivity index (χ0n) is 27.3. The number of halogens is 2. The number of amides is 2. The molecule has 4 aromatic carbocycles. The van der Waals surface area contributed by atoms with Gasteiger partial charge in [0.15, 0.2) is 0 Å². The molecule has 7 nitrogen and oxygen atoms in total. The van der Waals surface area contributed by atoms with Crippen molar-refractivity contribution in [1.29, 1.82) is 0 Å². The minimum atomic E-state index is -4.20. The monoisotopic (exact) mass is 693 g/mol. The lowest BCUT2D eigenvalue weighted by Gasteiger charge is -2.34. The molecule has 0 saturated heterocycles. The molecule has 4 rings (SSSR count). The Morgan fingerprint density at radius 1 is 0.830 bits per heavy atom. The van der Waals surface area contributed by atoms with E-state index in [9.17, 15) is 18.0 Å². The molecule has 0 spiro atoms. The summed E-state index contributed by atoms with van der Waals surface area (Å²) in [5.74, 6) is -0.707. The molecule has 0 heterocycles. The Kier molecular flexibility index (Phi) is 12.1. The van der Waals surface area contributed by atoms with Gasteiger partial charge in [-0.2, -0.15) is 0 Å². The fourth-order valence-corrected chi connectivity index (χ4v) is 7.04. The van der Waals surface area contributed by atoms with Gasteiger partial charge in [0.2, 0.25) is 11.8 Å². The quantitative estimate of drug-likeness (QED) is 0.155. The van der Waals surface area contributed by atoms with E-state index in [0.29, 0.717) is 21.3 Å². The van der Waals surface area contributed by atoms with E-state index in [1.807, 2.05) is 77.1 Å². The molecule has 47 heavy (non-hydrogen) atoms. The maximum Gasteiger partial charge on any atom is 0.264 e. The van der Waals surface area contributed by atoms with Crippen molar-refractivity contribution in [2.24, 2.45) is 0 Å². The minimum Gasteiger partial charge on any atom is -0.352 e. The standard InChI is InChI=1S/C37H41Cl2N3O4S/c1-25(2)29-14-17-32(18-15-29)42(47(45,46)33-19-11-27(5)12-20-33)24-36(43)41(23-30-13-16-31(38)22-34(30)39)35(37(44)40-26(3)4)21-28-9-7-6-8-10-28/h6-20,22,25-26,35H,21,23-24H2,1-5H3,(H,40,44). The summed E-state index contributed by atoms with van der Waals surface area (Å²) < 4.78 is 29.6. The number of aryl methyl sites for hydroxylation is 1. The molecule has 0 aliphatic heterocycles. The third-order valence-corrected chi connectivity index (χ3v) is 10.2. The van der Waals surface area contributed by atoms with E-state index < -0.39 is 28.5 Å². The molecule has 0 aliphatic carbocycles. The van der Waals surface area contributed by atoms with Crippen LogP contribution in [0, 0.1) is 6.92 Å². The number of sulfonamides is 1. The molecule has 0 aromatic heterocycles. The fourth-order valence-electron chi connectivity index (χ4n) is 5.16. The van der Waals surface area contributed by atoms with Crippen molar-refractivity contribution >= 4 is 50.7 Å². The highest BCUT2D eigenvalue weighted by molar-refractivity contribution is 7.92. The lowest BCUT2D eigenvalue weighted by atomic mass is 10.0. The molecule has 0 fully saturated rings. The largest absolute Gasteiger partial charge is 0.352 e. The Morgan fingerprint density at radius 2 is 1.47 bits per heavy atom. The van der Waals surface area contributed by atoms with Gasteiger partial charge in [-0.25, -0.2) is 8.42 Å². The van der Waals surface area contributed by atoms with E-state index in [4.69, 9.17) is 23.2 Å². The van der Waals surface area contributed by atoms with Gasteiger partial charge in [0.1, 0.15) is 12.6 Å². The third kappa shape index (κ3) is 9.37. The van der Waals surface area contributed by atoms with Gasteiger partial charge in [-0.05, 0) is 79.8 Å². The molecule has 1 atom stereocenters. The Balaban J connectivity index is 1.83. The number of hydrogen-bond acceptors (Lipinski definition) is 4. The smallest absolute Gasteiger partial charge is 0.264 e. The van der Waals surface area contributed by atoms with Crippen LogP contribution >= 0.6 is 23.2 Å². The molecular weight excluding hydrogens is 653 g/mol. The minimum absolute atomic E-state index is 0.0505. The van der Waals surface area contributed by atoms with Gasteiger partial charge in [0.05, 0.1) is 10.6 Å². The molecule has 2 amide bonds. The highest BCUT2D eigenvalue weighted by atomic mass is 35.5. The summed E-state index contributed by atoms with van der Waals surface area (Å²) in [4.78, 5) is 29.9. The molecule has 10 heteroatoms. The van der Waals surface area contributed by atoms with Crippen molar-refractivity contribution in [1.82, 2.24) is 10.2 Å². The SMILES string of the molecule is Cc1ccc(S(=O)(=O)N(CC(=O)N(Cc2ccc(Cl)cc2Cl)C(Cc2ccccc2)C(=O)NC(C)C)c2ccc(C(C)C)cc2)cc1. The second kappa shape index (κ2) is 15.8. The first-order chi connectivity index (χ1) is 22.3. The van der Waals surface area contributed by atoms with Gasteiger partial charge in [-0.15, -0.1) is 0 Å². The van der Waals surface area contributed by atoms with E-state index in [-0.39, 0.29) is 35.7 Å². The van der Waals surface area contributed by atoms with Crippen LogP contribution in [-0.4, -0.2) is 43.8 Å². The van der Waals surface area contributed by atoms with E-state index in [2.05, 4.69) is 5.32 Å². The summed E-state index contributed by atoms with van der Waals surface area (Å²) in [6.07, 6.45) is 0.199. The average molecular weight is 695 g/mol. The van der Waals surface area contributed by atoms with Crippen molar-refractivity contribution < 1.29 is 18.0 Å². The summed E-state index contributed by atoms with van der Waals surface area (Å²) in [6.45, 7) is 9.05. The number of anilines is 1. The molecule has 248 valence electrons. The van der Waals surface area contributed by atoms with Gasteiger partial charge < -0.3 is 10.2 Å². The zero-order valence-corrected chi connectivity index (χ0v) is 29.6.